The van der Waals surface area contributed by atoms with Crippen LogP contribution in [0.3, 0.4) is 0 Å². The number of fused-ring (bicyclic) bond motifs is 1. The lowest BCUT2D eigenvalue weighted by Gasteiger charge is -2.14. The number of oxazole rings is 1. The van der Waals surface area contributed by atoms with E-state index < -0.39 is 5.76 Å². The number of ether oxygens (including phenoxy) is 1. The van der Waals surface area contributed by atoms with E-state index in [0.29, 0.717) is 0 Å². The van der Waals surface area contributed by atoms with Crippen LogP contribution in [0.2, 0.25) is 0 Å². The van der Waals surface area contributed by atoms with Gasteiger partial charge in [-0.3, -0.25) is 4.57 Å². The first-order chi connectivity index (χ1) is 9.70. The van der Waals surface area contributed by atoms with Crippen molar-refractivity contribution in [3.8, 4) is 5.95 Å². The molecule has 0 saturated heterocycles. The Hall–Kier alpha value is -2.49. The summed E-state index contributed by atoms with van der Waals surface area (Å²) in [5.41, 5.74) is 1.08. The fourth-order valence-electron chi connectivity index (χ4n) is 2.46. The molecule has 0 fully saturated rings. The number of nitrogens with zero attached hydrogens (tertiary/aromatic N) is 1. The summed E-state index contributed by atoms with van der Waals surface area (Å²) in [5.74, 6) is -0.190. The second-order valence-corrected chi connectivity index (χ2v) is 4.67. The van der Waals surface area contributed by atoms with Crippen LogP contribution in [0.4, 0.5) is 0 Å². The number of rotatable bonds is 3. The molecule has 1 aromatic heterocycles. The van der Waals surface area contributed by atoms with Crippen molar-refractivity contribution in [1.82, 2.24) is 4.57 Å². The lowest BCUT2D eigenvalue weighted by Crippen LogP contribution is -2.18. The Morgan fingerprint density at radius 1 is 1.15 bits per heavy atom. The van der Waals surface area contributed by atoms with Gasteiger partial charge in [0.2, 0.25) is 0 Å². The Morgan fingerprint density at radius 3 is 2.65 bits per heavy atom. The van der Waals surface area contributed by atoms with Gasteiger partial charge in [0.25, 0.3) is 0 Å². The van der Waals surface area contributed by atoms with Crippen molar-refractivity contribution in [1.29, 1.82) is 0 Å². The average Bonchev–Trinajstić information content (AvgIpc) is 2.87. The molecule has 4 nitrogen and oxygen atoms in total. The zero-order chi connectivity index (χ0) is 14.1. The third-order valence-electron chi connectivity index (χ3n) is 3.54. The highest BCUT2D eigenvalue weighted by molar-refractivity contribution is 5.86. The smallest absolute Gasteiger partial charge is 0.422 e. The summed E-state index contributed by atoms with van der Waals surface area (Å²) in [6.07, 6.45) is 1.59. The highest BCUT2D eigenvalue weighted by Crippen LogP contribution is 2.26. The fraction of sp³-hybridized carbons (Fsp3) is 0.188. The highest BCUT2D eigenvalue weighted by atomic mass is 16.6. The van der Waals surface area contributed by atoms with Gasteiger partial charge < -0.3 is 9.15 Å². The van der Waals surface area contributed by atoms with Gasteiger partial charge in [-0.05, 0) is 23.3 Å². The van der Waals surface area contributed by atoms with E-state index in [1.165, 1.54) is 7.11 Å². The molecule has 3 rings (SSSR count). The van der Waals surface area contributed by atoms with Gasteiger partial charge in [-0.1, -0.05) is 42.5 Å². The molecule has 0 aliphatic rings. The SMILES string of the molecule is COc1cn(C(C)c2cccc3ccccc23)c(=O)o1. The summed E-state index contributed by atoms with van der Waals surface area (Å²) in [7, 11) is 1.48. The number of benzene rings is 2. The van der Waals surface area contributed by atoms with Crippen molar-refractivity contribution in [2.75, 3.05) is 7.11 Å². The number of hydrogen-bond acceptors (Lipinski definition) is 3. The van der Waals surface area contributed by atoms with Crippen molar-refractivity contribution in [2.24, 2.45) is 0 Å². The van der Waals surface area contributed by atoms with Gasteiger partial charge in [-0.15, -0.1) is 0 Å². The molecule has 2 aromatic carbocycles. The summed E-state index contributed by atoms with van der Waals surface area (Å²) in [5, 5.41) is 2.29. The van der Waals surface area contributed by atoms with Crippen molar-refractivity contribution < 1.29 is 9.15 Å². The lowest BCUT2D eigenvalue weighted by molar-refractivity contribution is 0.292. The van der Waals surface area contributed by atoms with E-state index in [0.717, 1.165) is 16.3 Å². The van der Waals surface area contributed by atoms with Crippen LogP contribution in [0.15, 0.2) is 57.9 Å². The normalized spacial score (nSPS) is 12.5. The molecule has 0 bridgehead atoms. The zero-order valence-electron chi connectivity index (χ0n) is 11.4. The molecule has 0 aliphatic carbocycles. The zero-order valence-corrected chi connectivity index (χ0v) is 11.4. The number of methoxy groups -OCH3 is 1. The molecule has 0 amide bonds. The topological polar surface area (TPSA) is 44.4 Å². The molecule has 1 unspecified atom stereocenters. The van der Waals surface area contributed by atoms with E-state index in [2.05, 4.69) is 18.2 Å². The molecule has 102 valence electrons. The average molecular weight is 269 g/mol. The van der Waals surface area contributed by atoms with Crippen molar-refractivity contribution in [3.05, 3.63) is 64.8 Å². The minimum Gasteiger partial charge on any atom is -0.467 e. The number of hydrogen-bond donors (Lipinski definition) is 0. The van der Waals surface area contributed by atoms with Crippen LogP contribution in [0.5, 0.6) is 5.95 Å². The van der Waals surface area contributed by atoms with E-state index >= 15 is 0 Å². The van der Waals surface area contributed by atoms with E-state index in [1.807, 2.05) is 31.2 Å². The summed E-state index contributed by atoms with van der Waals surface area (Å²) in [4.78, 5) is 11.9. The predicted molar refractivity (Wildman–Crippen MR) is 77.3 cm³/mol. The minimum absolute atomic E-state index is 0.124. The van der Waals surface area contributed by atoms with Crippen LogP contribution >= 0.6 is 0 Å². The van der Waals surface area contributed by atoms with Gasteiger partial charge in [0.15, 0.2) is 0 Å². The highest BCUT2D eigenvalue weighted by Gasteiger charge is 2.16. The molecule has 1 atom stereocenters. The van der Waals surface area contributed by atoms with Crippen LogP contribution < -0.4 is 10.5 Å². The van der Waals surface area contributed by atoms with Gasteiger partial charge in [0.05, 0.1) is 19.3 Å². The summed E-state index contributed by atoms with van der Waals surface area (Å²) >= 11 is 0. The van der Waals surface area contributed by atoms with Crippen LogP contribution in [0.25, 0.3) is 10.8 Å². The summed E-state index contributed by atoms with van der Waals surface area (Å²) < 4.78 is 11.5. The second kappa shape index (κ2) is 4.89. The Kier molecular flexibility index (Phi) is 3.06. The van der Waals surface area contributed by atoms with E-state index in [1.54, 1.807) is 10.8 Å². The van der Waals surface area contributed by atoms with Crippen LogP contribution in [0.1, 0.15) is 18.5 Å². The third-order valence-corrected chi connectivity index (χ3v) is 3.54. The summed E-state index contributed by atoms with van der Waals surface area (Å²) in [6, 6.07) is 14.1. The van der Waals surface area contributed by atoms with Crippen molar-refractivity contribution in [3.63, 3.8) is 0 Å². The van der Waals surface area contributed by atoms with Gasteiger partial charge in [0, 0.05) is 0 Å². The monoisotopic (exact) mass is 269 g/mol. The Labute approximate surface area is 116 Å². The fourth-order valence-corrected chi connectivity index (χ4v) is 2.46. The van der Waals surface area contributed by atoms with Gasteiger partial charge >= 0.3 is 11.7 Å². The van der Waals surface area contributed by atoms with Crippen molar-refractivity contribution in [2.45, 2.75) is 13.0 Å². The molecular weight excluding hydrogens is 254 g/mol. The molecule has 0 radical (unpaired) electrons. The van der Waals surface area contributed by atoms with Crippen LogP contribution in [0, 0.1) is 0 Å². The second-order valence-electron chi connectivity index (χ2n) is 4.67. The lowest BCUT2D eigenvalue weighted by atomic mass is 10.00. The molecule has 0 N–H and O–H groups in total. The first-order valence-corrected chi connectivity index (χ1v) is 6.44. The maximum absolute atomic E-state index is 11.9. The van der Waals surface area contributed by atoms with Gasteiger partial charge in [0.1, 0.15) is 0 Å². The summed E-state index contributed by atoms with van der Waals surface area (Å²) in [6.45, 7) is 1.97. The van der Waals surface area contributed by atoms with Gasteiger partial charge in [-0.2, -0.15) is 0 Å². The Balaban J connectivity index is 2.15. The molecule has 3 aromatic rings. The van der Waals surface area contributed by atoms with Crippen LogP contribution in [-0.4, -0.2) is 11.7 Å². The number of aromatic nitrogens is 1. The largest absolute Gasteiger partial charge is 0.467 e. The molecule has 0 aliphatic heterocycles. The molecule has 0 saturated carbocycles. The molecule has 1 heterocycles. The maximum Gasteiger partial charge on any atom is 0.422 e. The Bertz CT molecular complexity index is 795. The quantitative estimate of drug-likeness (QED) is 0.733. The molecule has 4 heteroatoms. The first-order valence-electron chi connectivity index (χ1n) is 6.44. The molecular formula is C16H15NO3. The van der Waals surface area contributed by atoms with E-state index in [9.17, 15) is 4.79 Å². The molecule has 0 spiro atoms. The van der Waals surface area contributed by atoms with Crippen LogP contribution in [-0.2, 0) is 0 Å². The van der Waals surface area contributed by atoms with E-state index in [-0.39, 0.29) is 12.0 Å². The minimum atomic E-state index is -0.415. The van der Waals surface area contributed by atoms with Crippen molar-refractivity contribution >= 4 is 10.8 Å². The van der Waals surface area contributed by atoms with Gasteiger partial charge in [-0.25, -0.2) is 4.79 Å². The molecule has 20 heavy (non-hydrogen) atoms. The first kappa shape index (κ1) is 12.5. The predicted octanol–water partition coefficient (Wildman–Crippen LogP) is 3.21. The maximum atomic E-state index is 11.9. The Morgan fingerprint density at radius 2 is 1.90 bits per heavy atom. The third kappa shape index (κ3) is 1.99. The standard InChI is InChI=1S/C16H15NO3/c1-11(17-10-15(19-2)20-16(17)18)13-9-5-7-12-6-3-4-8-14(12)13/h3-11H,1-2H3. The van der Waals surface area contributed by atoms with E-state index in [4.69, 9.17) is 9.15 Å².